The summed E-state index contributed by atoms with van der Waals surface area (Å²) >= 11 is -0.849. The highest BCUT2D eigenvalue weighted by Gasteiger charge is 2.06. The molecule has 0 spiro atoms. The quantitative estimate of drug-likeness (QED) is 0.588. The van der Waals surface area contributed by atoms with Crippen molar-refractivity contribution in [2.24, 2.45) is 0 Å². The topological polar surface area (TPSA) is 23.1 Å². The third-order valence-corrected chi connectivity index (χ3v) is 2.72. The number of hydrogen-bond donors (Lipinski definition) is 0. The number of benzene rings is 1. The minimum atomic E-state index is -0.849. The largest absolute Gasteiger partial charge is 0.612 e. The molecule has 0 aliphatic carbocycles. The van der Waals surface area contributed by atoms with Gasteiger partial charge in [-0.15, -0.1) is 0 Å². The average Bonchev–Trinajstić information content (AvgIpc) is 1.85. The Morgan fingerprint density at radius 2 is 1.91 bits per heavy atom. The first-order valence-corrected chi connectivity index (χ1v) is 5.08. The summed E-state index contributed by atoms with van der Waals surface area (Å²) in [4.78, 5) is 0.940. The fraction of sp³-hybridized carbons (Fsp3) is 0.333. The molecule has 1 nitrogen and oxygen atoms in total. The predicted octanol–water partition coefficient (Wildman–Crippen LogP) is 2.04. The van der Waals surface area contributed by atoms with Crippen LogP contribution in [0.1, 0.15) is 11.1 Å². The Morgan fingerprint density at radius 1 is 1.27 bits per heavy atom. The van der Waals surface area contributed by atoms with Gasteiger partial charge in [-0.05, 0) is 31.1 Å². The van der Waals surface area contributed by atoms with Crippen molar-refractivity contribution >= 4 is 11.2 Å². The fourth-order valence-corrected chi connectivity index (χ4v) is 1.89. The summed E-state index contributed by atoms with van der Waals surface area (Å²) < 4.78 is 11.1. The smallest absolute Gasteiger partial charge is 0.155 e. The van der Waals surface area contributed by atoms with Gasteiger partial charge in [0.1, 0.15) is 6.26 Å². The molecule has 2 heteroatoms. The third-order valence-electron chi connectivity index (χ3n) is 1.64. The van der Waals surface area contributed by atoms with Crippen LogP contribution in [0.4, 0.5) is 0 Å². The molecule has 0 aliphatic rings. The van der Waals surface area contributed by atoms with Gasteiger partial charge in [-0.3, -0.25) is 0 Å². The lowest BCUT2D eigenvalue weighted by molar-refractivity contribution is 0.600. The first kappa shape index (κ1) is 8.62. The second-order valence-corrected chi connectivity index (χ2v) is 4.07. The van der Waals surface area contributed by atoms with E-state index in [1.165, 1.54) is 5.56 Å². The van der Waals surface area contributed by atoms with E-state index in [0.717, 1.165) is 10.5 Å². The van der Waals surface area contributed by atoms with E-state index in [-0.39, 0.29) is 0 Å². The van der Waals surface area contributed by atoms with E-state index < -0.39 is 11.2 Å². The molecule has 0 aliphatic heterocycles. The lowest BCUT2D eigenvalue weighted by Crippen LogP contribution is -1.99. The molecule has 1 rings (SSSR count). The minimum Gasteiger partial charge on any atom is -0.612 e. The maximum absolute atomic E-state index is 11.1. The zero-order chi connectivity index (χ0) is 8.43. The Bertz CT molecular complexity index is 256. The van der Waals surface area contributed by atoms with Gasteiger partial charge in [-0.25, -0.2) is 0 Å². The molecule has 1 unspecified atom stereocenters. The molecule has 0 saturated carbocycles. The van der Waals surface area contributed by atoms with Crippen LogP contribution in [0.2, 0.25) is 0 Å². The van der Waals surface area contributed by atoms with Gasteiger partial charge >= 0.3 is 0 Å². The fourth-order valence-electron chi connectivity index (χ4n) is 1.12. The van der Waals surface area contributed by atoms with Crippen molar-refractivity contribution in [3.63, 3.8) is 0 Å². The Labute approximate surface area is 70.6 Å². The van der Waals surface area contributed by atoms with Crippen molar-refractivity contribution < 1.29 is 4.55 Å². The van der Waals surface area contributed by atoms with E-state index in [1.54, 1.807) is 6.26 Å². The molecule has 60 valence electrons. The van der Waals surface area contributed by atoms with Crippen LogP contribution in [0.25, 0.3) is 0 Å². The Kier molecular flexibility index (Phi) is 2.58. The molecule has 11 heavy (non-hydrogen) atoms. The maximum Gasteiger partial charge on any atom is 0.155 e. The van der Waals surface area contributed by atoms with Gasteiger partial charge in [0.05, 0.1) is 0 Å². The summed E-state index contributed by atoms with van der Waals surface area (Å²) in [7, 11) is 0. The van der Waals surface area contributed by atoms with E-state index in [1.807, 2.05) is 26.0 Å². The molecule has 0 saturated heterocycles. The summed E-state index contributed by atoms with van der Waals surface area (Å²) in [5.74, 6) is 0. The molecule has 1 aromatic rings. The summed E-state index contributed by atoms with van der Waals surface area (Å²) in [6.45, 7) is 4.03. The molecule has 0 amide bonds. The zero-order valence-corrected chi connectivity index (χ0v) is 7.87. The molecule has 0 fully saturated rings. The molecular formula is C9H12OS. The van der Waals surface area contributed by atoms with Gasteiger partial charge in [-0.1, -0.05) is 17.7 Å². The van der Waals surface area contributed by atoms with Crippen molar-refractivity contribution in [1.82, 2.24) is 0 Å². The van der Waals surface area contributed by atoms with Gasteiger partial charge in [0, 0.05) is 5.56 Å². The second-order valence-electron chi connectivity index (χ2n) is 2.72. The molecule has 0 radical (unpaired) electrons. The van der Waals surface area contributed by atoms with Crippen LogP contribution >= 0.6 is 0 Å². The number of aryl methyl sites for hydroxylation is 2. The molecule has 0 aromatic heterocycles. The SMILES string of the molecule is Cc1ccc([S+](C)[O-])c(C)c1. The summed E-state index contributed by atoms with van der Waals surface area (Å²) in [5, 5.41) is 0. The predicted molar refractivity (Wildman–Crippen MR) is 48.2 cm³/mol. The minimum absolute atomic E-state index is 0.849. The normalized spacial score (nSPS) is 13.1. The first-order chi connectivity index (χ1) is 5.11. The van der Waals surface area contributed by atoms with Crippen molar-refractivity contribution in [3.05, 3.63) is 29.3 Å². The van der Waals surface area contributed by atoms with Gasteiger partial charge in [0.2, 0.25) is 0 Å². The van der Waals surface area contributed by atoms with Crippen molar-refractivity contribution in [2.45, 2.75) is 18.7 Å². The Balaban J connectivity index is 3.09. The van der Waals surface area contributed by atoms with Gasteiger partial charge in [0.15, 0.2) is 4.90 Å². The summed E-state index contributed by atoms with van der Waals surface area (Å²) in [5.41, 5.74) is 2.34. The van der Waals surface area contributed by atoms with Crippen molar-refractivity contribution in [1.29, 1.82) is 0 Å². The highest BCUT2D eigenvalue weighted by molar-refractivity contribution is 7.90. The van der Waals surface area contributed by atoms with Crippen LogP contribution in [0, 0.1) is 13.8 Å². The molecular weight excluding hydrogens is 156 g/mol. The van der Waals surface area contributed by atoms with E-state index in [9.17, 15) is 4.55 Å². The third kappa shape index (κ3) is 1.98. The summed E-state index contributed by atoms with van der Waals surface area (Å²) in [6.07, 6.45) is 1.71. The molecule has 1 atom stereocenters. The van der Waals surface area contributed by atoms with E-state index in [4.69, 9.17) is 0 Å². The van der Waals surface area contributed by atoms with Gasteiger partial charge < -0.3 is 4.55 Å². The molecule has 0 N–H and O–H groups in total. The maximum atomic E-state index is 11.1. The van der Waals surface area contributed by atoms with Crippen LogP contribution < -0.4 is 0 Å². The molecule has 0 bridgehead atoms. The van der Waals surface area contributed by atoms with Crippen molar-refractivity contribution in [2.75, 3.05) is 6.26 Å². The lowest BCUT2D eigenvalue weighted by atomic mass is 10.2. The Morgan fingerprint density at radius 3 is 2.36 bits per heavy atom. The highest BCUT2D eigenvalue weighted by Crippen LogP contribution is 2.15. The standard InChI is InChI=1S/C9H12OS/c1-7-4-5-9(11(3)10)8(2)6-7/h4-6H,1-3H3. The van der Waals surface area contributed by atoms with Crippen LogP contribution in [-0.2, 0) is 11.2 Å². The average molecular weight is 168 g/mol. The van der Waals surface area contributed by atoms with Crippen LogP contribution in [-0.4, -0.2) is 10.8 Å². The second kappa shape index (κ2) is 3.28. The van der Waals surface area contributed by atoms with E-state index in [2.05, 4.69) is 6.07 Å². The molecule has 0 heterocycles. The first-order valence-electron chi connectivity index (χ1n) is 3.52. The molecule has 1 aromatic carbocycles. The van der Waals surface area contributed by atoms with Gasteiger partial charge in [0.25, 0.3) is 0 Å². The number of hydrogen-bond acceptors (Lipinski definition) is 1. The Hall–Kier alpha value is -0.470. The van der Waals surface area contributed by atoms with Crippen LogP contribution in [0.3, 0.4) is 0 Å². The highest BCUT2D eigenvalue weighted by atomic mass is 32.2. The van der Waals surface area contributed by atoms with E-state index >= 15 is 0 Å². The van der Waals surface area contributed by atoms with Crippen LogP contribution in [0.5, 0.6) is 0 Å². The lowest BCUT2D eigenvalue weighted by Gasteiger charge is -2.07. The zero-order valence-electron chi connectivity index (χ0n) is 7.05. The van der Waals surface area contributed by atoms with Crippen LogP contribution in [0.15, 0.2) is 23.1 Å². The monoisotopic (exact) mass is 168 g/mol. The number of rotatable bonds is 1. The van der Waals surface area contributed by atoms with E-state index in [0.29, 0.717) is 0 Å². The van der Waals surface area contributed by atoms with Gasteiger partial charge in [-0.2, -0.15) is 0 Å². The van der Waals surface area contributed by atoms with Crippen molar-refractivity contribution in [3.8, 4) is 0 Å². The summed E-state index contributed by atoms with van der Waals surface area (Å²) in [6, 6.07) is 5.97.